The van der Waals surface area contributed by atoms with Crippen molar-refractivity contribution in [1.29, 1.82) is 0 Å². The number of nitrogens with zero attached hydrogens (tertiary/aromatic N) is 2. The highest BCUT2D eigenvalue weighted by Crippen LogP contribution is 2.17. The van der Waals surface area contributed by atoms with Gasteiger partial charge in [-0.2, -0.15) is 0 Å². The molecule has 1 aromatic carbocycles. The van der Waals surface area contributed by atoms with Crippen molar-refractivity contribution in [2.75, 3.05) is 18.5 Å². The first-order chi connectivity index (χ1) is 12.0. The van der Waals surface area contributed by atoms with Crippen LogP contribution in [0.4, 0.5) is 5.69 Å². The van der Waals surface area contributed by atoms with Crippen LogP contribution in [0.1, 0.15) is 38.1 Å². The van der Waals surface area contributed by atoms with Gasteiger partial charge in [0.1, 0.15) is 11.9 Å². The van der Waals surface area contributed by atoms with Crippen LogP contribution in [0.25, 0.3) is 0 Å². The number of hydrogen-bond donors (Lipinski definition) is 2. The number of amides is 1. The normalized spacial score (nSPS) is 20.6. The molecular formula is C19H26N4O2. The van der Waals surface area contributed by atoms with Crippen LogP contribution < -0.4 is 10.6 Å². The predicted octanol–water partition coefficient (Wildman–Crippen LogP) is 2.37. The number of morpholine rings is 1. The molecule has 1 aromatic heterocycles. The molecule has 0 spiro atoms. The highest BCUT2D eigenvalue weighted by molar-refractivity contribution is 5.95. The van der Waals surface area contributed by atoms with Crippen molar-refractivity contribution in [3.63, 3.8) is 0 Å². The summed E-state index contributed by atoms with van der Waals surface area (Å²) in [5, 5.41) is 6.20. The molecule has 2 heterocycles. The van der Waals surface area contributed by atoms with Crippen molar-refractivity contribution in [3.8, 4) is 0 Å². The van der Waals surface area contributed by atoms with E-state index in [1.807, 2.05) is 37.5 Å². The maximum Gasteiger partial charge on any atom is 0.244 e. The molecule has 1 aliphatic rings. The number of anilines is 1. The predicted molar refractivity (Wildman–Crippen MR) is 97.7 cm³/mol. The zero-order chi connectivity index (χ0) is 17.8. The fourth-order valence-corrected chi connectivity index (χ4v) is 3.15. The van der Waals surface area contributed by atoms with Crippen molar-refractivity contribution in [3.05, 3.63) is 48.0 Å². The largest absolute Gasteiger partial charge is 0.375 e. The Hall–Kier alpha value is -2.18. The van der Waals surface area contributed by atoms with Crippen LogP contribution in [-0.4, -0.2) is 40.8 Å². The lowest BCUT2D eigenvalue weighted by Gasteiger charge is -2.29. The van der Waals surface area contributed by atoms with E-state index in [0.29, 0.717) is 19.1 Å². The van der Waals surface area contributed by atoms with Crippen LogP contribution in [0.15, 0.2) is 36.7 Å². The molecule has 1 saturated heterocycles. The van der Waals surface area contributed by atoms with Crippen molar-refractivity contribution in [2.24, 2.45) is 0 Å². The van der Waals surface area contributed by atoms with E-state index in [1.54, 1.807) is 0 Å². The molecule has 6 nitrogen and oxygen atoms in total. The number of carbonyl (C=O) groups is 1. The zero-order valence-corrected chi connectivity index (χ0v) is 15.0. The Labute approximate surface area is 148 Å². The minimum absolute atomic E-state index is 0.0603. The Bertz CT molecular complexity index is 726. The van der Waals surface area contributed by atoms with E-state index in [9.17, 15) is 4.79 Å². The van der Waals surface area contributed by atoms with Gasteiger partial charge in [-0.25, -0.2) is 4.98 Å². The monoisotopic (exact) mass is 342 g/mol. The zero-order valence-electron chi connectivity index (χ0n) is 15.0. The highest BCUT2D eigenvalue weighted by atomic mass is 16.5. The van der Waals surface area contributed by atoms with E-state index in [4.69, 9.17) is 4.74 Å². The smallest absolute Gasteiger partial charge is 0.244 e. The number of aromatic nitrogens is 2. The molecule has 3 rings (SSSR count). The quantitative estimate of drug-likeness (QED) is 0.875. The average molecular weight is 342 g/mol. The highest BCUT2D eigenvalue weighted by Gasteiger charge is 2.28. The lowest BCUT2D eigenvalue weighted by atomic mass is 10.1. The summed E-state index contributed by atoms with van der Waals surface area (Å²) < 4.78 is 7.69. The van der Waals surface area contributed by atoms with Gasteiger partial charge in [0.2, 0.25) is 5.91 Å². The van der Waals surface area contributed by atoms with Gasteiger partial charge in [0.05, 0.1) is 12.7 Å². The molecule has 6 heteroatoms. The second-order valence-corrected chi connectivity index (χ2v) is 6.77. The second kappa shape index (κ2) is 7.80. The molecule has 1 fully saturated rings. The van der Waals surface area contributed by atoms with Gasteiger partial charge in [0.15, 0.2) is 0 Å². The summed E-state index contributed by atoms with van der Waals surface area (Å²) >= 11 is 0. The van der Waals surface area contributed by atoms with E-state index in [2.05, 4.69) is 40.1 Å². The Morgan fingerprint density at radius 1 is 1.48 bits per heavy atom. The van der Waals surface area contributed by atoms with Crippen LogP contribution in [0, 0.1) is 0 Å². The van der Waals surface area contributed by atoms with Gasteiger partial charge in [-0.15, -0.1) is 0 Å². The third kappa shape index (κ3) is 4.27. The Balaban J connectivity index is 1.69. The molecule has 2 aromatic rings. The van der Waals surface area contributed by atoms with Crippen LogP contribution in [0.3, 0.4) is 0 Å². The molecular weight excluding hydrogens is 316 g/mol. The minimum atomic E-state index is -0.321. The van der Waals surface area contributed by atoms with Crippen molar-refractivity contribution in [1.82, 2.24) is 14.9 Å². The third-order valence-electron chi connectivity index (χ3n) is 4.41. The molecule has 2 atom stereocenters. The second-order valence-electron chi connectivity index (χ2n) is 6.77. The molecule has 0 unspecified atom stereocenters. The number of nitrogens with one attached hydrogen (secondary N) is 2. The van der Waals surface area contributed by atoms with E-state index in [0.717, 1.165) is 23.6 Å². The number of benzene rings is 1. The summed E-state index contributed by atoms with van der Waals surface area (Å²) in [6.45, 7) is 8.26. The molecule has 2 N–H and O–H groups in total. The summed E-state index contributed by atoms with van der Waals surface area (Å²) in [5.41, 5.74) is 1.92. The number of carbonyl (C=O) groups excluding carboxylic acids is 1. The first-order valence-electron chi connectivity index (χ1n) is 8.80. The number of ether oxygens (including phenoxy) is 1. The van der Waals surface area contributed by atoms with E-state index in [1.165, 1.54) is 0 Å². The van der Waals surface area contributed by atoms with Gasteiger partial charge in [-0.05, 0) is 24.6 Å². The van der Waals surface area contributed by atoms with Crippen LogP contribution in [-0.2, 0) is 16.1 Å². The van der Waals surface area contributed by atoms with Crippen molar-refractivity contribution < 1.29 is 9.53 Å². The van der Waals surface area contributed by atoms with Crippen molar-refractivity contribution >= 4 is 11.6 Å². The average Bonchev–Trinajstić information content (AvgIpc) is 3.04. The fourth-order valence-electron chi connectivity index (χ4n) is 3.15. The van der Waals surface area contributed by atoms with Crippen LogP contribution in [0.5, 0.6) is 0 Å². The number of rotatable bonds is 5. The van der Waals surface area contributed by atoms with Gasteiger partial charge in [-0.1, -0.05) is 26.0 Å². The summed E-state index contributed by atoms with van der Waals surface area (Å²) in [7, 11) is 0. The SMILES string of the molecule is CC(C)c1nccn1Cc1cccc(NC(=O)[C@H]2NCCO[C@@H]2C)c1. The van der Waals surface area contributed by atoms with Gasteiger partial charge < -0.3 is 19.9 Å². The lowest BCUT2D eigenvalue weighted by Crippen LogP contribution is -2.53. The Kier molecular flexibility index (Phi) is 5.50. The van der Waals surface area contributed by atoms with Gasteiger partial charge in [0, 0.05) is 37.1 Å². The van der Waals surface area contributed by atoms with E-state index >= 15 is 0 Å². The number of hydrogen-bond acceptors (Lipinski definition) is 4. The van der Waals surface area contributed by atoms with E-state index < -0.39 is 0 Å². The molecule has 0 radical (unpaired) electrons. The molecule has 0 saturated carbocycles. The minimum Gasteiger partial charge on any atom is -0.375 e. The molecule has 0 bridgehead atoms. The van der Waals surface area contributed by atoms with Gasteiger partial charge in [0.25, 0.3) is 0 Å². The Morgan fingerprint density at radius 3 is 3.08 bits per heavy atom. The molecule has 25 heavy (non-hydrogen) atoms. The molecule has 1 aliphatic heterocycles. The maximum absolute atomic E-state index is 12.5. The first-order valence-corrected chi connectivity index (χ1v) is 8.80. The van der Waals surface area contributed by atoms with Crippen LogP contribution >= 0.6 is 0 Å². The lowest BCUT2D eigenvalue weighted by molar-refractivity contribution is -0.123. The molecule has 134 valence electrons. The maximum atomic E-state index is 12.5. The summed E-state index contributed by atoms with van der Waals surface area (Å²) in [6.07, 6.45) is 3.69. The standard InChI is InChI=1S/C19H26N4O2/c1-13(2)18-21-7-9-23(18)12-15-5-4-6-16(11-15)22-19(24)17-14(3)25-10-8-20-17/h4-7,9,11,13-14,17,20H,8,10,12H2,1-3H3,(H,22,24)/t14-,17+/m1/s1. The van der Waals surface area contributed by atoms with Crippen molar-refractivity contribution in [2.45, 2.75) is 45.4 Å². The van der Waals surface area contributed by atoms with Gasteiger partial charge in [-0.3, -0.25) is 4.79 Å². The topological polar surface area (TPSA) is 68.2 Å². The molecule has 1 amide bonds. The fraction of sp³-hybridized carbons (Fsp3) is 0.474. The van der Waals surface area contributed by atoms with Gasteiger partial charge >= 0.3 is 0 Å². The summed E-state index contributed by atoms with van der Waals surface area (Å²) in [6, 6.07) is 7.62. The summed E-state index contributed by atoms with van der Waals surface area (Å²) in [4.78, 5) is 16.9. The first kappa shape index (κ1) is 17.6. The number of imidazole rings is 1. The molecule has 0 aliphatic carbocycles. The Morgan fingerprint density at radius 2 is 2.32 bits per heavy atom. The summed E-state index contributed by atoms with van der Waals surface area (Å²) in [5.74, 6) is 1.37. The van der Waals surface area contributed by atoms with Crippen LogP contribution in [0.2, 0.25) is 0 Å². The van der Waals surface area contributed by atoms with E-state index in [-0.39, 0.29) is 18.1 Å². The third-order valence-corrected chi connectivity index (χ3v) is 4.41.